The second-order valence-electron chi connectivity index (χ2n) is 7.19. The normalized spacial score (nSPS) is 11.0. The molecule has 31 heavy (non-hydrogen) atoms. The average Bonchev–Trinajstić information content (AvgIpc) is 3.40. The lowest BCUT2D eigenvalue weighted by Gasteiger charge is -2.11. The maximum Gasteiger partial charge on any atom is 0.257 e. The Kier molecular flexibility index (Phi) is 4.72. The number of nitrogens with zero attached hydrogens (tertiary/aromatic N) is 1. The van der Waals surface area contributed by atoms with Crippen LogP contribution in [-0.4, -0.2) is 22.0 Å². The first-order valence-electron chi connectivity index (χ1n) is 9.72. The highest BCUT2D eigenvalue weighted by atomic mass is 32.1. The molecule has 0 atom stereocenters. The zero-order valence-corrected chi connectivity index (χ0v) is 17.4. The molecule has 2 heterocycles. The van der Waals surface area contributed by atoms with E-state index in [4.69, 9.17) is 0 Å². The van der Waals surface area contributed by atoms with Crippen molar-refractivity contribution in [2.24, 2.45) is 0 Å². The molecule has 0 aliphatic carbocycles. The van der Waals surface area contributed by atoms with Crippen LogP contribution in [0, 0.1) is 0 Å². The van der Waals surface area contributed by atoms with Crippen LogP contribution in [-0.2, 0) is 4.79 Å². The number of anilines is 2. The highest BCUT2D eigenvalue weighted by Gasteiger charge is 2.15. The number of hydrogen-bond donors (Lipinski definition) is 3. The third-order valence-electron chi connectivity index (χ3n) is 4.98. The molecule has 2 aromatic heterocycles. The van der Waals surface area contributed by atoms with E-state index in [2.05, 4.69) is 39.0 Å². The van der Waals surface area contributed by atoms with Crippen LogP contribution in [0.4, 0.5) is 11.4 Å². The molecule has 0 aliphatic heterocycles. The Balaban J connectivity index is 1.55. The molecule has 5 rings (SSSR count). The fraction of sp³-hybridized carbons (Fsp3) is 0.0417. The lowest BCUT2D eigenvalue weighted by atomic mass is 10.1. The summed E-state index contributed by atoms with van der Waals surface area (Å²) >= 11 is 1.69. The summed E-state index contributed by atoms with van der Waals surface area (Å²) in [6.07, 6.45) is 1.74. The van der Waals surface area contributed by atoms with E-state index in [1.807, 2.05) is 24.3 Å². The maximum atomic E-state index is 13.0. The van der Waals surface area contributed by atoms with Gasteiger partial charge >= 0.3 is 0 Å². The molecule has 3 N–H and O–H groups in total. The molecule has 0 fully saturated rings. The highest BCUT2D eigenvalue weighted by Crippen LogP contribution is 2.38. The van der Waals surface area contributed by atoms with Gasteiger partial charge in [-0.05, 0) is 41.8 Å². The molecule has 0 unspecified atom stereocenters. The summed E-state index contributed by atoms with van der Waals surface area (Å²) in [6, 6.07) is 21.1. The van der Waals surface area contributed by atoms with Crippen molar-refractivity contribution in [3.05, 3.63) is 78.5 Å². The zero-order valence-electron chi connectivity index (χ0n) is 16.6. The number of aromatic amines is 1. The van der Waals surface area contributed by atoms with Crippen LogP contribution in [0.2, 0.25) is 0 Å². The molecule has 0 radical (unpaired) electrons. The predicted molar refractivity (Wildman–Crippen MR) is 126 cm³/mol. The van der Waals surface area contributed by atoms with Gasteiger partial charge in [0.2, 0.25) is 5.91 Å². The zero-order chi connectivity index (χ0) is 21.4. The number of fused-ring (bicyclic) bond motifs is 2. The van der Waals surface area contributed by atoms with E-state index in [-0.39, 0.29) is 11.8 Å². The molecule has 5 aromatic rings. The Labute approximate surface area is 181 Å². The number of benzene rings is 3. The first-order chi connectivity index (χ1) is 15.1. The van der Waals surface area contributed by atoms with E-state index < -0.39 is 0 Å². The fourth-order valence-corrected chi connectivity index (χ4v) is 4.70. The molecule has 0 aliphatic rings. The minimum atomic E-state index is -0.297. The van der Waals surface area contributed by atoms with Gasteiger partial charge < -0.3 is 10.6 Å². The summed E-state index contributed by atoms with van der Waals surface area (Å²) < 4.78 is 1.20. The van der Waals surface area contributed by atoms with Gasteiger partial charge in [-0.1, -0.05) is 30.3 Å². The summed E-state index contributed by atoms with van der Waals surface area (Å²) in [5.41, 5.74) is 3.42. The number of thiophene rings is 1. The van der Waals surface area contributed by atoms with Crippen LogP contribution >= 0.6 is 11.3 Å². The number of para-hydroxylation sites is 1. The van der Waals surface area contributed by atoms with E-state index in [1.54, 1.807) is 41.8 Å². The quantitative estimate of drug-likeness (QED) is 0.347. The monoisotopic (exact) mass is 426 g/mol. The Morgan fingerprint density at radius 3 is 2.58 bits per heavy atom. The van der Waals surface area contributed by atoms with Gasteiger partial charge in [0.25, 0.3) is 5.91 Å². The number of rotatable bonds is 4. The van der Waals surface area contributed by atoms with E-state index in [0.29, 0.717) is 16.9 Å². The van der Waals surface area contributed by atoms with Crippen molar-refractivity contribution in [2.45, 2.75) is 6.92 Å². The summed E-state index contributed by atoms with van der Waals surface area (Å²) in [5, 5.41) is 15.0. The van der Waals surface area contributed by atoms with Crippen molar-refractivity contribution in [1.82, 2.24) is 10.2 Å². The molecule has 0 saturated heterocycles. The summed E-state index contributed by atoms with van der Waals surface area (Å²) in [5.74, 6) is -0.526. The number of amides is 2. The average molecular weight is 427 g/mol. The standard InChI is InChI=1S/C24H18N4O2S/c1-14(29)26-20-8-4-3-7-18(20)24(30)27-17-10-16-13-25-28-23(16)19(12-17)22-11-15-6-2-5-9-21(15)31-22/h2-13H,1H3,(H,25,28)(H,26,29)(H,27,30). The Bertz CT molecular complexity index is 1420. The molecule has 0 bridgehead atoms. The van der Waals surface area contributed by atoms with Gasteiger partial charge in [0, 0.05) is 33.1 Å². The topological polar surface area (TPSA) is 86.9 Å². The molecule has 6 nitrogen and oxygen atoms in total. The van der Waals surface area contributed by atoms with Gasteiger partial charge in [-0.25, -0.2) is 0 Å². The molecule has 0 saturated carbocycles. The van der Waals surface area contributed by atoms with Crippen LogP contribution in [0.25, 0.3) is 31.4 Å². The molecule has 152 valence electrons. The maximum absolute atomic E-state index is 13.0. The molecule has 7 heteroatoms. The van der Waals surface area contributed by atoms with Gasteiger partial charge in [0.1, 0.15) is 0 Å². The predicted octanol–water partition coefficient (Wildman–Crippen LogP) is 5.66. The van der Waals surface area contributed by atoms with Crippen LogP contribution in [0.15, 0.2) is 72.9 Å². The van der Waals surface area contributed by atoms with Gasteiger partial charge in [0.05, 0.1) is 23.0 Å². The number of H-pyrrole nitrogens is 1. The van der Waals surface area contributed by atoms with E-state index in [1.165, 1.54) is 17.0 Å². The van der Waals surface area contributed by atoms with Crippen molar-refractivity contribution >= 4 is 55.5 Å². The molecule has 2 amide bonds. The number of hydrogen-bond acceptors (Lipinski definition) is 4. The second kappa shape index (κ2) is 7.70. The highest BCUT2D eigenvalue weighted by molar-refractivity contribution is 7.22. The van der Waals surface area contributed by atoms with Crippen LogP contribution in [0.3, 0.4) is 0 Å². The Hall–Kier alpha value is -3.97. The van der Waals surface area contributed by atoms with Crippen molar-refractivity contribution in [1.29, 1.82) is 0 Å². The molecule has 0 spiro atoms. The number of carbonyl (C=O) groups excluding carboxylic acids is 2. The van der Waals surface area contributed by atoms with Crippen LogP contribution in [0.1, 0.15) is 17.3 Å². The SMILES string of the molecule is CC(=O)Nc1ccccc1C(=O)Nc1cc(-c2cc3ccccc3s2)c2[nH]ncc2c1. The lowest BCUT2D eigenvalue weighted by molar-refractivity contribution is -0.114. The van der Waals surface area contributed by atoms with Gasteiger partial charge in [0.15, 0.2) is 0 Å². The molecular formula is C24H18N4O2S. The second-order valence-corrected chi connectivity index (χ2v) is 8.27. The summed E-state index contributed by atoms with van der Waals surface area (Å²) in [7, 11) is 0. The number of nitrogens with one attached hydrogen (secondary N) is 3. The largest absolute Gasteiger partial charge is 0.326 e. The Morgan fingerprint density at radius 2 is 1.74 bits per heavy atom. The Morgan fingerprint density at radius 1 is 0.935 bits per heavy atom. The van der Waals surface area contributed by atoms with Crippen molar-refractivity contribution in [3.63, 3.8) is 0 Å². The van der Waals surface area contributed by atoms with Gasteiger partial charge in [-0.3, -0.25) is 14.7 Å². The minimum absolute atomic E-state index is 0.230. The first kappa shape index (κ1) is 19.0. The van der Waals surface area contributed by atoms with Gasteiger partial charge in [-0.2, -0.15) is 5.10 Å². The third kappa shape index (κ3) is 3.67. The lowest BCUT2D eigenvalue weighted by Crippen LogP contribution is -2.16. The van der Waals surface area contributed by atoms with Crippen molar-refractivity contribution < 1.29 is 9.59 Å². The number of aromatic nitrogens is 2. The molecule has 3 aromatic carbocycles. The smallest absolute Gasteiger partial charge is 0.257 e. The minimum Gasteiger partial charge on any atom is -0.326 e. The van der Waals surface area contributed by atoms with Crippen LogP contribution < -0.4 is 10.6 Å². The van der Waals surface area contributed by atoms with Crippen molar-refractivity contribution in [2.75, 3.05) is 10.6 Å². The van der Waals surface area contributed by atoms with E-state index >= 15 is 0 Å². The first-order valence-corrected chi connectivity index (χ1v) is 10.5. The fourth-order valence-electron chi connectivity index (χ4n) is 3.62. The van der Waals surface area contributed by atoms with Gasteiger partial charge in [-0.15, -0.1) is 11.3 Å². The van der Waals surface area contributed by atoms with Crippen LogP contribution in [0.5, 0.6) is 0 Å². The van der Waals surface area contributed by atoms with Crippen molar-refractivity contribution in [3.8, 4) is 10.4 Å². The van der Waals surface area contributed by atoms with E-state index in [9.17, 15) is 9.59 Å². The summed E-state index contributed by atoms with van der Waals surface area (Å²) in [4.78, 5) is 25.6. The van der Waals surface area contributed by atoms with E-state index in [0.717, 1.165) is 21.3 Å². The summed E-state index contributed by atoms with van der Waals surface area (Å²) in [6.45, 7) is 1.42. The number of carbonyl (C=O) groups is 2. The third-order valence-corrected chi connectivity index (χ3v) is 6.13. The molecular weight excluding hydrogens is 408 g/mol.